The van der Waals surface area contributed by atoms with Gasteiger partial charge in [-0.15, -0.1) is 0 Å². The Morgan fingerprint density at radius 1 is 1.17 bits per heavy atom. The number of nitrogens with zero attached hydrogens (tertiary/aromatic N) is 2. The Hall–Kier alpha value is -3.46. The van der Waals surface area contributed by atoms with Crippen LogP contribution in [0.2, 0.25) is 0 Å². The van der Waals surface area contributed by atoms with E-state index in [2.05, 4.69) is 10.2 Å². The predicted molar refractivity (Wildman–Crippen MR) is 106 cm³/mol. The number of hydrogen-bond donors (Lipinski definition) is 1. The molecule has 1 N–H and O–H groups in total. The summed E-state index contributed by atoms with van der Waals surface area (Å²) in [6, 6.07) is 12.5. The lowest BCUT2D eigenvalue weighted by Crippen LogP contribution is -2.36. The molecule has 1 fully saturated rings. The lowest BCUT2D eigenvalue weighted by molar-refractivity contribution is -0.384. The van der Waals surface area contributed by atoms with Gasteiger partial charge >= 0.3 is 5.97 Å². The van der Waals surface area contributed by atoms with Gasteiger partial charge in [0.05, 0.1) is 23.7 Å². The fourth-order valence-electron chi connectivity index (χ4n) is 2.85. The summed E-state index contributed by atoms with van der Waals surface area (Å²) in [6.07, 6.45) is -1.07. The summed E-state index contributed by atoms with van der Waals surface area (Å²) in [4.78, 5) is 36.9. The van der Waals surface area contributed by atoms with Crippen LogP contribution in [0.1, 0.15) is 17.3 Å². The van der Waals surface area contributed by atoms with Gasteiger partial charge in [0.1, 0.15) is 0 Å². The van der Waals surface area contributed by atoms with Crippen molar-refractivity contribution in [3.63, 3.8) is 0 Å². The molecule has 1 atom stereocenters. The van der Waals surface area contributed by atoms with Gasteiger partial charge in [-0.3, -0.25) is 14.9 Å². The van der Waals surface area contributed by atoms with Gasteiger partial charge in [0.25, 0.3) is 11.6 Å². The predicted octanol–water partition coefficient (Wildman–Crippen LogP) is 2.62. The minimum atomic E-state index is -1.07. The molecule has 0 spiro atoms. The monoisotopic (exact) mass is 399 g/mol. The number of amides is 1. The molecule has 3 rings (SSSR count). The average Bonchev–Trinajstić information content (AvgIpc) is 2.75. The lowest BCUT2D eigenvalue weighted by atomic mass is 10.2. The molecule has 0 aliphatic carbocycles. The van der Waals surface area contributed by atoms with Crippen LogP contribution < -0.4 is 10.2 Å². The van der Waals surface area contributed by atoms with Crippen molar-refractivity contribution in [1.29, 1.82) is 0 Å². The number of hydrogen-bond acceptors (Lipinski definition) is 7. The van der Waals surface area contributed by atoms with Crippen LogP contribution in [0, 0.1) is 10.1 Å². The Labute approximate surface area is 167 Å². The van der Waals surface area contributed by atoms with Gasteiger partial charge in [-0.05, 0) is 37.3 Å². The lowest BCUT2D eigenvalue weighted by Gasteiger charge is -2.28. The quantitative estimate of drug-likeness (QED) is 0.451. The number of nitrogens with one attached hydrogen (secondary N) is 1. The topological polar surface area (TPSA) is 111 Å². The van der Waals surface area contributed by atoms with E-state index in [0.29, 0.717) is 18.9 Å². The molecule has 0 aromatic heterocycles. The minimum Gasteiger partial charge on any atom is -0.449 e. The van der Waals surface area contributed by atoms with Crippen LogP contribution in [0.4, 0.5) is 17.1 Å². The molecular formula is C20H21N3O6. The number of esters is 1. The van der Waals surface area contributed by atoms with E-state index < -0.39 is 22.9 Å². The zero-order valence-corrected chi connectivity index (χ0v) is 15.9. The molecule has 29 heavy (non-hydrogen) atoms. The smallest absolute Gasteiger partial charge is 0.339 e. The molecule has 9 heteroatoms. The molecule has 0 unspecified atom stereocenters. The first-order valence-electron chi connectivity index (χ1n) is 9.13. The van der Waals surface area contributed by atoms with E-state index in [4.69, 9.17) is 9.47 Å². The normalized spacial score (nSPS) is 14.7. The highest BCUT2D eigenvalue weighted by atomic mass is 16.6. The largest absolute Gasteiger partial charge is 0.449 e. The second-order valence-electron chi connectivity index (χ2n) is 6.49. The van der Waals surface area contributed by atoms with Gasteiger partial charge in [-0.2, -0.15) is 0 Å². The molecule has 1 aliphatic heterocycles. The van der Waals surface area contributed by atoms with Crippen LogP contribution in [0.15, 0.2) is 48.5 Å². The van der Waals surface area contributed by atoms with E-state index in [1.165, 1.54) is 25.1 Å². The van der Waals surface area contributed by atoms with Crippen LogP contribution in [0.25, 0.3) is 0 Å². The molecular weight excluding hydrogens is 378 g/mol. The molecule has 0 radical (unpaired) electrons. The first-order valence-corrected chi connectivity index (χ1v) is 9.13. The van der Waals surface area contributed by atoms with Gasteiger partial charge < -0.3 is 19.7 Å². The molecule has 2 aromatic carbocycles. The number of nitro benzene ring substituents is 1. The van der Waals surface area contributed by atoms with E-state index in [-0.39, 0.29) is 11.3 Å². The number of carbonyl (C=O) groups is 2. The van der Waals surface area contributed by atoms with Crippen LogP contribution in [0.5, 0.6) is 0 Å². The summed E-state index contributed by atoms with van der Waals surface area (Å²) < 4.78 is 10.5. The first-order chi connectivity index (χ1) is 13.9. The van der Waals surface area contributed by atoms with Crippen molar-refractivity contribution in [3.05, 3.63) is 64.2 Å². The fraction of sp³-hybridized carbons (Fsp3) is 0.300. The number of carbonyl (C=O) groups excluding carboxylic acids is 2. The highest BCUT2D eigenvalue weighted by Gasteiger charge is 2.20. The highest BCUT2D eigenvalue weighted by molar-refractivity contribution is 5.97. The molecule has 0 saturated carbocycles. The number of ether oxygens (including phenoxy) is 2. The third kappa shape index (κ3) is 5.29. The second kappa shape index (κ2) is 9.16. The Bertz CT molecular complexity index is 893. The van der Waals surface area contributed by atoms with Gasteiger partial charge in [0.2, 0.25) is 0 Å². The number of anilines is 2. The van der Waals surface area contributed by atoms with Crippen LogP contribution >= 0.6 is 0 Å². The molecule has 152 valence electrons. The maximum absolute atomic E-state index is 12.3. The Morgan fingerprint density at radius 2 is 1.86 bits per heavy atom. The first kappa shape index (κ1) is 20.3. The minimum absolute atomic E-state index is 0.00807. The van der Waals surface area contributed by atoms with E-state index in [1.54, 1.807) is 12.1 Å². The summed E-state index contributed by atoms with van der Waals surface area (Å²) in [5, 5.41) is 13.5. The van der Waals surface area contributed by atoms with E-state index in [9.17, 15) is 19.7 Å². The van der Waals surface area contributed by atoms with E-state index in [1.807, 2.05) is 12.1 Å². The summed E-state index contributed by atoms with van der Waals surface area (Å²) in [5.41, 5.74) is 1.40. The average molecular weight is 399 g/mol. The van der Waals surface area contributed by atoms with Crippen molar-refractivity contribution < 1.29 is 24.0 Å². The summed E-state index contributed by atoms with van der Waals surface area (Å²) in [6.45, 7) is 4.44. The number of rotatable bonds is 6. The summed E-state index contributed by atoms with van der Waals surface area (Å²) in [5.74, 6) is -1.30. The number of non-ortho nitro benzene ring substituents is 1. The zero-order valence-electron chi connectivity index (χ0n) is 15.9. The molecule has 1 aliphatic rings. The van der Waals surface area contributed by atoms with Crippen LogP contribution in [0.3, 0.4) is 0 Å². The van der Waals surface area contributed by atoms with Gasteiger partial charge in [0, 0.05) is 36.6 Å². The maximum atomic E-state index is 12.3. The van der Waals surface area contributed by atoms with Crippen molar-refractivity contribution >= 4 is 28.9 Å². The second-order valence-corrected chi connectivity index (χ2v) is 6.49. The molecule has 1 heterocycles. The molecule has 2 aromatic rings. The van der Waals surface area contributed by atoms with Crippen molar-refractivity contribution in [2.45, 2.75) is 13.0 Å². The molecule has 9 nitrogen and oxygen atoms in total. The third-order valence-corrected chi connectivity index (χ3v) is 4.46. The van der Waals surface area contributed by atoms with Crippen LogP contribution in [-0.4, -0.2) is 49.2 Å². The molecule has 1 amide bonds. The fourth-order valence-corrected chi connectivity index (χ4v) is 2.85. The number of nitro groups is 1. The van der Waals surface area contributed by atoms with Gasteiger partial charge in [-0.25, -0.2) is 4.79 Å². The summed E-state index contributed by atoms with van der Waals surface area (Å²) >= 11 is 0. The van der Waals surface area contributed by atoms with Crippen molar-refractivity contribution in [2.75, 3.05) is 36.5 Å². The Balaban J connectivity index is 1.56. The SMILES string of the molecule is C[C@H](OC(=O)c1cccc([N+](=O)[O-])c1)C(=O)Nc1ccc(N2CCOCC2)cc1. The van der Waals surface area contributed by atoms with Gasteiger partial charge in [0.15, 0.2) is 6.10 Å². The van der Waals surface area contributed by atoms with E-state index >= 15 is 0 Å². The Kier molecular flexibility index (Phi) is 6.40. The number of morpholine rings is 1. The third-order valence-electron chi connectivity index (χ3n) is 4.46. The van der Waals surface area contributed by atoms with Crippen molar-refractivity contribution in [1.82, 2.24) is 0 Å². The van der Waals surface area contributed by atoms with Crippen molar-refractivity contribution in [3.8, 4) is 0 Å². The maximum Gasteiger partial charge on any atom is 0.339 e. The Morgan fingerprint density at radius 3 is 2.52 bits per heavy atom. The standard InChI is InChI=1S/C20H21N3O6/c1-14(29-20(25)15-3-2-4-18(13-15)23(26)27)19(24)21-16-5-7-17(8-6-16)22-9-11-28-12-10-22/h2-8,13-14H,9-12H2,1H3,(H,21,24)/t14-/m0/s1. The number of benzene rings is 2. The van der Waals surface area contributed by atoms with Gasteiger partial charge in [-0.1, -0.05) is 6.07 Å². The zero-order chi connectivity index (χ0) is 20.8. The van der Waals surface area contributed by atoms with E-state index in [0.717, 1.165) is 24.8 Å². The van der Waals surface area contributed by atoms with Crippen molar-refractivity contribution in [2.24, 2.45) is 0 Å². The highest BCUT2D eigenvalue weighted by Crippen LogP contribution is 2.19. The van der Waals surface area contributed by atoms with Crippen LogP contribution in [-0.2, 0) is 14.3 Å². The molecule has 0 bridgehead atoms. The summed E-state index contributed by atoms with van der Waals surface area (Å²) in [7, 11) is 0. The molecule has 1 saturated heterocycles.